The van der Waals surface area contributed by atoms with E-state index in [0.717, 1.165) is 29.5 Å². The van der Waals surface area contributed by atoms with Crippen molar-refractivity contribution < 1.29 is 4.79 Å². The van der Waals surface area contributed by atoms with Crippen LogP contribution in [0.25, 0.3) is 0 Å². The van der Waals surface area contributed by atoms with E-state index < -0.39 is 0 Å². The van der Waals surface area contributed by atoms with Gasteiger partial charge in [0, 0.05) is 24.6 Å². The Bertz CT molecular complexity index is 424. The minimum absolute atomic E-state index is 0.232. The van der Waals surface area contributed by atoms with Crippen molar-refractivity contribution in [2.45, 2.75) is 19.9 Å². The minimum atomic E-state index is -0.232. The largest absolute Gasteiger partial charge is 0.341 e. The molecule has 1 N–H and O–H groups in total. The lowest BCUT2D eigenvalue weighted by Gasteiger charge is -2.28. The molecule has 0 radical (unpaired) electrons. The van der Waals surface area contributed by atoms with Crippen molar-refractivity contribution in [3.8, 4) is 0 Å². The molecule has 1 aliphatic heterocycles. The Hall–Kier alpha value is -0.870. The van der Waals surface area contributed by atoms with E-state index in [1.807, 2.05) is 43.1 Å². The van der Waals surface area contributed by atoms with E-state index in [1.54, 1.807) is 0 Å². The standard InChI is InChI=1S/C14H19BrN2O/c1-14(7-8-16-10-14)13(18)17(2)9-11-3-5-12(15)6-4-11/h3-6,16H,7-10H2,1-2H3. The lowest BCUT2D eigenvalue weighted by Crippen LogP contribution is -2.41. The number of hydrogen-bond donors (Lipinski definition) is 1. The number of nitrogens with one attached hydrogen (secondary N) is 1. The number of carbonyl (C=O) groups excluding carboxylic acids is 1. The van der Waals surface area contributed by atoms with Crippen LogP contribution in [-0.4, -0.2) is 30.9 Å². The highest BCUT2D eigenvalue weighted by Crippen LogP contribution is 2.27. The molecular formula is C14H19BrN2O. The van der Waals surface area contributed by atoms with Crippen molar-refractivity contribution in [1.82, 2.24) is 10.2 Å². The number of hydrogen-bond acceptors (Lipinski definition) is 2. The molecule has 1 fully saturated rings. The van der Waals surface area contributed by atoms with Gasteiger partial charge in [0.25, 0.3) is 0 Å². The monoisotopic (exact) mass is 310 g/mol. The van der Waals surface area contributed by atoms with Crippen LogP contribution in [0.4, 0.5) is 0 Å². The Kier molecular flexibility index (Phi) is 4.07. The van der Waals surface area contributed by atoms with Crippen LogP contribution < -0.4 is 5.32 Å². The summed E-state index contributed by atoms with van der Waals surface area (Å²) in [5.74, 6) is 0.232. The van der Waals surface area contributed by atoms with Crippen LogP contribution >= 0.6 is 15.9 Å². The molecule has 18 heavy (non-hydrogen) atoms. The zero-order valence-electron chi connectivity index (χ0n) is 10.9. The molecule has 1 saturated heterocycles. The van der Waals surface area contributed by atoms with Crippen molar-refractivity contribution in [2.75, 3.05) is 20.1 Å². The number of carbonyl (C=O) groups is 1. The van der Waals surface area contributed by atoms with Crippen molar-refractivity contribution in [2.24, 2.45) is 5.41 Å². The Morgan fingerprint density at radius 1 is 1.44 bits per heavy atom. The lowest BCUT2D eigenvalue weighted by atomic mass is 9.88. The predicted octanol–water partition coefficient (Wildman–Crippen LogP) is 2.41. The quantitative estimate of drug-likeness (QED) is 0.930. The zero-order chi connectivity index (χ0) is 13.2. The normalized spacial score (nSPS) is 23.1. The van der Waals surface area contributed by atoms with E-state index >= 15 is 0 Å². The first-order chi connectivity index (χ1) is 8.51. The molecule has 3 nitrogen and oxygen atoms in total. The van der Waals surface area contributed by atoms with Gasteiger partial charge in [0.05, 0.1) is 5.41 Å². The van der Waals surface area contributed by atoms with Crippen LogP contribution in [-0.2, 0) is 11.3 Å². The molecule has 2 rings (SSSR count). The molecule has 1 aliphatic rings. The van der Waals surface area contributed by atoms with Crippen LogP contribution in [0.15, 0.2) is 28.7 Å². The van der Waals surface area contributed by atoms with Crippen LogP contribution in [0.2, 0.25) is 0 Å². The third kappa shape index (κ3) is 2.93. The van der Waals surface area contributed by atoms with Gasteiger partial charge < -0.3 is 10.2 Å². The summed E-state index contributed by atoms with van der Waals surface area (Å²) in [6, 6.07) is 8.10. The second kappa shape index (κ2) is 5.41. The number of rotatable bonds is 3. The molecule has 0 saturated carbocycles. The molecule has 98 valence electrons. The molecule has 4 heteroatoms. The van der Waals surface area contributed by atoms with Gasteiger partial charge in [-0.15, -0.1) is 0 Å². The molecule has 1 amide bonds. The van der Waals surface area contributed by atoms with Crippen molar-refractivity contribution in [3.63, 3.8) is 0 Å². The molecule has 1 atom stereocenters. The van der Waals surface area contributed by atoms with E-state index in [1.165, 1.54) is 0 Å². The summed E-state index contributed by atoms with van der Waals surface area (Å²) in [4.78, 5) is 14.2. The van der Waals surface area contributed by atoms with Gasteiger partial charge in [-0.2, -0.15) is 0 Å². The van der Waals surface area contributed by atoms with E-state index in [0.29, 0.717) is 6.54 Å². The zero-order valence-corrected chi connectivity index (χ0v) is 12.5. The van der Waals surface area contributed by atoms with Crippen LogP contribution in [0.5, 0.6) is 0 Å². The fourth-order valence-corrected chi connectivity index (χ4v) is 2.66. The fourth-order valence-electron chi connectivity index (χ4n) is 2.40. The molecular weight excluding hydrogens is 292 g/mol. The van der Waals surface area contributed by atoms with Crippen LogP contribution in [0, 0.1) is 5.41 Å². The number of halogens is 1. The van der Waals surface area contributed by atoms with E-state index in [9.17, 15) is 4.79 Å². The smallest absolute Gasteiger partial charge is 0.229 e. The molecule has 1 heterocycles. The Balaban J connectivity index is 2.01. The van der Waals surface area contributed by atoms with Crippen molar-refractivity contribution in [3.05, 3.63) is 34.3 Å². The van der Waals surface area contributed by atoms with Gasteiger partial charge in [-0.05, 0) is 37.6 Å². The maximum Gasteiger partial charge on any atom is 0.229 e. The SMILES string of the molecule is CN(Cc1ccc(Br)cc1)C(=O)C1(C)CCNC1. The topological polar surface area (TPSA) is 32.3 Å². The average Bonchev–Trinajstić information content (AvgIpc) is 2.79. The van der Waals surface area contributed by atoms with E-state index in [4.69, 9.17) is 0 Å². The van der Waals surface area contributed by atoms with Gasteiger partial charge >= 0.3 is 0 Å². The first-order valence-electron chi connectivity index (χ1n) is 6.22. The first kappa shape index (κ1) is 13.6. The van der Waals surface area contributed by atoms with Gasteiger partial charge in [-0.3, -0.25) is 4.79 Å². The second-order valence-corrected chi connectivity index (χ2v) is 6.19. The van der Waals surface area contributed by atoms with Crippen LogP contribution in [0.1, 0.15) is 18.9 Å². The highest BCUT2D eigenvalue weighted by Gasteiger charge is 2.38. The predicted molar refractivity (Wildman–Crippen MR) is 76.2 cm³/mol. The Labute approximate surface area is 117 Å². The number of benzene rings is 1. The van der Waals surface area contributed by atoms with Gasteiger partial charge in [0.2, 0.25) is 5.91 Å². The van der Waals surface area contributed by atoms with Crippen molar-refractivity contribution in [1.29, 1.82) is 0 Å². The third-order valence-electron chi connectivity index (χ3n) is 3.56. The average molecular weight is 311 g/mol. The minimum Gasteiger partial charge on any atom is -0.341 e. The number of amides is 1. The Morgan fingerprint density at radius 2 is 2.11 bits per heavy atom. The van der Waals surface area contributed by atoms with Gasteiger partial charge in [-0.25, -0.2) is 0 Å². The molecule has 0 spiro atoms. The maximum absolute atomic E-state index is 12.4. The molecule has 0 aromatic heterocycles. The molecule has 0 aliphatic carbocycles. The number of nitrogens with zero attached hydrogens (tertiary/aromatic N) is 1. The Morgan fingerprint density at radius 3 is 2.67 bits per heavy atom. The van der Waals surface area contributed by atoms with Crippen LogP contribution in [0.3, 0.4) is 0 Å². The summed E-state index contributed by atoms with van der Waals surface area (Å²) in [6.07, 6.45) is 0.927. The summed E-state index contributed by atoms with van der Waals surface area (Å²) in [5, 5.41) is 3.27. The highest BCUT2D eigenvalue weighted by atomic mass is 79.9. The van der Waals surface area contributed by atoms with Crippen molar-refractivity contribution >= 4 is 21.8 Å². The highest BCUT2D eigenvalue weighted by molar-refractivity contribution is 9.10. The summed E-state index contributed by atoms with van der Waals surface area (Å²) in [5.41, 5.74) is 0.924. The molecule has 1 aromatic rings. The second-order valence-electron chi connectivity index (χ2n) is 5.28. The maximum atomic E-state index is 12.4. The molecule has 1 aromatic carbocycles. The summed E-state index contributed by atoms with van der Waals surface area (Å²) >= 11 is 3.41. The summed E-state index contributed by atoms with van der Waals surface area (Å²) in [6.45, 7) is 4.44. The van der Waals surface area contributed by atoms with Gasteiger partial charge in [-0.1, -0.05) is 28.1 Å². The van der Waals surface area contributed by atoms with Gasteiger partial charge in [0.15, 0.2) is 0 Å². The third-order valence-corrected chi connectivity index (χ3v) is 4.09. The van der Waals surface area contributed by atoms with E-state index in [2.05, 4.69) is 21.2 Å². The lowest BCUT2D eigenvalue weighted by molar-refractivity contribution is -0.139. The molecule has 0 bridgehead atoms. The van der Waals surface area contributed by atoms with E-state index in [-0.39, 0.29) is 11.3 Å². The van der Waals surface area contributed by atoms with Gasteiger partial charge in [0.1, 0.15) is 0 Å². The fraction of sp³-hybridized carbons (Fsp3) is 0.500. The first-order valence-corrected chi connectivity index (χ1v) is 7.01. The summed E-state index contributed by atoms with van der Waals surface area (Å²) in [7, 11) is 1.88. The molecule has 1 unspecified atom stereocenters. The summed E-state index contributed by atoms with van der Waals surface area (Å²) < 4.78 is 1.06.